The normalized spacial score (nSPS) is 10.9. The molecule has 4 heteroatoms. The molecule has 0 fully saturated rings. The molecule has 0 spiro atoms. The maximum atomic E-state index is 9.54. The molecule has 2 N–H and O–H groups in total. The Labute approximate surface area is 116 Å². The topological polar surface area (TPSA) is 66.2 Å². The van der Waals surface area contributed by atoms with E-state index in [1.807, 2.05) is 26.0 Å². The number of fused-ring (bicyclic) bond motifs is 1. The van der Waals surface area contributed by atoms with Crippen LogP contribution in [0.2, 0.25) is 0 Å². The van der Waals surface area contributed by atoms with E-state index in [-0.39, 0.29) is 11.5 Å². The summed E-state index contributed by atoms with van der Waals surface area (Å²) in [6, 6.07) is 8.38. The number of rotatable bonds is 1. The van der Waals surface area contributed by atoms with Crippen LogP contribution in [-0.4, -0.2) is 20.2 Å². The van der Waals surface area contributed by atoms with Gasteiger partial charge in [0, 0.05) is 11.6 Å². The summed E-state index contributed by atoms with van der Waals surface area (Å²) in [4.78, 5) is 8.94. The van der Waals surface area contributed by atoms with Crippen molar-refractivity contribution in [2.45, 2.75) is 13.8 Å². The minimum Gasteiger partial charge on any atom is -0.508 e. The van der Waals surface area contributed by atoms with E-state index in [9.17, 15) is 10.2 Å². The third-order valence-corrected chi connectivity index (χ3v) is 3.36. The molecule has 3 rings (SSSR count). The highest BCUT2D eigenvalue weighted by Gasteiger charge is 2.07. The Morgan fingerprint density at radius 1 is 0.800 bits per heavy atom. The SMILES string of the molecule is Cc1cc2ncc(-c3cc(O)cc(O)c3)nc2cc1C. The second kappa shape index (κ2) is 4.49. The van der Waals surface area contributed by atoms with Gasteiger partial charge in [0.1, 0.15) is 11.5 Å². The number of aromatic nitrogens is 2. The summed E-state index contributed by atoms with van der Waals surface area (Å²) in [5.41, 5.74) is 5.22. The molecule has 0 amide bonds. The van der Waals surface area contributed by atoms with Crippen molar-refractivity contribution in [1.82, 2.24) is 9.97 Å². The van der Waals surface area contributed by atoms with E-state index in [4.69, 9.17) is 0 Å². The van der Waals surface area contributed by atoms with E-state index in [2.05, 4.69) is 9.97 Å². The van der Waals surface area contributed by atoms with Gasteiger partial charge in [0.25, 0.3) is 0 Å². The maximum Gasteiger partial charge on any atom is 0.119 e. The van der Waals surface area contributed by atoms with Gasteiger partial charge in [0.2, 0.25) is 0 Å². The Kier molecular flexibility index (Phi) is 2.79. The lowest BCUT2D eigenvalue weighted by atomic mass is 10.1. The molecule has 1 heterocycles. The van der Waals surface area contributed by atoms with Crippen molar-refractivity contribution in [2.75, 3.05) is 0 Å². The molecular formula is C16H14N2O2. The molecule has 0 saturated carbocycles. The van der Waals surface area contributed by atoms with Crippen LogP contribution in [0.25, 0.3) is 22.3 Å². The average molecular weight is 266 g/mol. The summed E-state index contributed by atoms with van der Waals surface area (Å²) in [5.74, 6) is 0.00367. The highest BCUT2D eigenvalue weighted by atomic mass is 16.3. The molecule has 2 aromatic carbocycles. The van der Waals surface area contributed by atoms with Crippen molar-refractivity contribution < 1.29 is 10.2 Å². The molecule has 20 heavy (non-hydrogen) atoms. The minimum atomic E-state index is 0.00184. The van der Waals surface area contributed by atoms with Crippen molar-refractivity contribution >= 4 is 11.0 Å². The van der Waals surface area contributed by atoms with Crippen LogP contribution in [0.1, 0.15) is 11.1 Å². The van der Waals surface area contributed by atoms with Gasteiger partial charge >= 0.3 is 0 Å². The Balaban J connectivity index is 2.19. The maximum absolute atomic E-state index is 9.54. The van der Waals surface area contributed by atoms with E-state index in [1.54, 1.807) is 18.3 Å². The lowest BCUT2D eigenvalue weighted by Gasteiger charge is -2.06. The highest BCUT2D eigenvalue weighted by molar-refractivity contribution is 5.79. The summed E-state index contributed by atoms with van der Waals surface area (Å²) in [7, 11) is 0. The molecule has 0 saturated heterocycles. The summed E-state index contributed by atoms with van der Waals surface area (Å²) in [6.07, 6.45) is 1.64. The molecule has 0 aliphatic rings. The van der Waals surface area contributed by atoms with Crippen molar-refractivity contribution in [3.8, 4) is 22.8 Å². The first-order valence-corrected chi connectivity index (χ1v) is 6.30. The third kappa shape index (κ3) is 2.16. The van der Waals surface area contributed by atoms with Crippen LogP contribution in [0.3, 0.4) is 0 Å². The molecule has 100 valence electrons. The molecule has 0 radical (unpaired) electrons. The van der Waals surface area contributed by atoms with E-state index in [1.165, 1.54) is 11.6 Å². The van der Waals surface area contributed by atoms with Crippen molar-refractivity contribution in [3.63, 3.8) is 0 Å². The predicted octanol–water partition coefficient (Wildman–Crippen LogP) is 3.32. The summed E-state index contributed by atoms with van der Waals surface area (Å²) < 4.78 is 0. The lowest BCUT2D eigenvalue weighted by molar-refractivity contribution is 0.451. The van der Waals surface area contributed by atoms with Crippen LogP contribution in [0, 0.1) is 13.8 Å². The molecule has 0 bridgehead atoms. The first-order valence-electron chi connectivity index (χ1n) is 6.30. The highest BCUT2D eigenvalue weighted by Crippen LogP contribution is 2.28. The zero-order valence-corrected chi connectivity index (χ0v) is 11.3. The Hall–Kier alpha value is -2.62. The summed E-state index contributed by atoms with van der Waals surface area (Å²) >= 11 is 0. The number of aryl methyl sites for hydroxylation is 2. The molecule has 1 aromatic heterocycles. The molecule has 0 aliphatic carbocycles. The molecule has 3 aromatic rings. The quantitative estimate of drug-likeness (QED) is 0.709. The van der Waals surface area contributed by atoms with Crippen LogP contribution < -0.4 is 0 Å². The van der Waals surface area contributed by atoms with E-state index in [0.29, 0.717) is 11.3 Å². The Bertz CT molecular complexity index is 793. The van der Waals surface area contributed by atoms with Crippen LogP contribution >= 0.6 is 0 Å². The molecule has 0 aliphatic heterocycles. The fraction of sp³-hybridized carbons (Fsp3) is 0.125. The number of hydrogen-bond donors (Lipinski definition) is 2. The fourth-order valence-corrected chi connectivity index (χ4v) is 2.15. The van der Waals surface area contributed by atoms with Crippen molar-refractivity contribution in [1.29, 1.82) is 0 Å². The van der Waals surface area contributed by atoms with Crippen molar-refractivity contribution in [3.05, 3.63) is 47.7 Å². The Morgan fingerprint density at radius 2 is 1.40 bits per heavy atom. The number of benzene rings is 2. The largest absolute Gasteiger partial charge is 0.508 e. The molecule has 4 nitrogen and oxygen atoms in total. The van der Waals surface area contributed by atoms with Gasteiger partial charge in [0.05, 0.1) is 22.9 Å². The van der Waals surface area contributed by atoms with E-state index in [0.717, 1.165) is 16.6 Å². The number of phenols is 2. The van der Waals surface area contributed by atoms with Gasteiger partial charge in [-0.3, -0.25) is 4.98 Å². The summed E-state index contributed by atoms with van der Waals surface area (Å²) in [6.45, 7) is 4.07. The summed E-state index contributed by atoms with van der Waals surface area (Å²) in [5, 5.41) is 19.1. The van der Waals surface area contributed by atoms with Gasteiger partial charge in [-0.1, -0.05) is 0 Å². The molecule has 0 unspecified atom stereocenters. The second-order valence-electron chi connectivity index (χ2n) is 4.92. The lowest BCUT2D eigenvalue weighted by Crippen LogP contribution is -1.91. The van der Waals surface area contributed by atoms with E-state index >= 15 is 0 Å². The van der Waals surface area contributed by atoms with Gasteiger partial charge in [-0.05, 0) is 49.2 Å². The third-order valence-electron chi connectivity index (χ3n) is 3.36. The average Bonchev–Trinajstić information content (AvgIpc) is 2.38. The monoisotopic (exact) mass is 266 g/mol. The van der Waals surface area contributed by atoms with Crippen molar-refractivity contribution in [2.24, 2.45) is 0 Å². The fourth-order valence-electron chi connectivity index (χ4n) is 2.15. The van der Waals surface area contributed by atoms with Gasteiger partial charge in [-0.15, -0.1) is 0 Å². The van der Waals surface area contributed by atoms with Crippen LogP contribution in [0.15, 0.2) is 36.5 Å². The minimum absolute atomic E-state index is 0.00184. The van der Waals surface area contributed by atoms with Crippen LogP contribution in [0.5, 0.6) is 11.5 Å². The molecule has 0 atom stereocenters. The van der Waals surface area contributed by atoms with Crippen LogP contribution in [-0.2, 0) is 0 Å². The van der Waals surface area contributed by atoms with Gasteiger partial charge in [0.15, 0.2) is 0 Å². The first-order chi connectivity index (χ1) is 9.52. The molecular weight excluding hydrogens is 252 g/mol. The zero-order valence-electron chi connectivity index (χ0n) is 11.3. The zero-order chi connectivity index (χ0) is 14.3. The van der Waals surface area contributed by atoms with Gasteiger partial charge in [-0.2, -0.15) is 0 Å². The van der Waals surface area contributed by atoms with Gasteiger partial charge < -0.3 is 10.2 Å². The van der Waals surface area contributed by atoms with Gasteiger partial charge in [-0.25, -0.2) is 4.98 Å². The predicted molar refractivity (Wildman–Crippen MR) is 77.8 cm³/mol. The number of nitrogens with zero attached hydrogens (tertiary/aromatic N) is 2. The number of phenolic OH excluding ortho intramolecular Hbond substituents is 2. The standard InChI is InChI=1S/C16H14N2O2/c1-9-3-14-15(4-10(9)2)18-16(8-17-14)11-5-12(19)7-13(20)6-11/h3-8,19-20H,1-2H3. The number of hydrogen-bond acceptors (Lipinski definition) is 4. The van der Waals surface area contributed by atoms with E-state index < -0.39 is 0 Å². The smallest absolute Gasteiger partial charge is 0.119 e. The first kappa shape index (κ1) is 12.4. The Morgan fingerprint density at radius 3 is 2.05 bits per heavy atom. The van der Waals surface area contributed by atoms with Crippen LogP contribution in [0.4, 0.5) is 0 Å². The second-order valence-corrected chi connectivity index (χ2v) is 4.92. The number of aromatic hydroxyl groups is 2.